The molecule has 5 nitrogen and oxygen atoms in total. The summed E-state index contributed by atoms with van der Waals surface area (Å²) in [6.07, 6.45) is 6.21. The highest BCUT2D eigenvalue weighted by atomic mass is 16.3. The molecule has 1 aromatic rings. The van der Waals surface area contributed by atoms with Gasteiger partial charge in [-0.15, -0.1) is 0 Å². The molecule has 1 amide bonds. The van der Waals surface area contributed by atoms with Gasteiger partial charge in [0.25, 0.3) is 5.91 Å². The van der Waals surface area contributed by atoms with E-state index in [9.17, 15) is 4.79 Å². The van der Waals surface area contributed by atoms with Crippen molar-refractivity contribution in [2.45, 2.75) is 19.8 Å². The van der Waals surface area contributed by atoms with Gasteiger partial charge in [-0.05, 0) is 18.8 Å². The standard InChI is InChI=1S/C11H17N3O2/c1-9(8-15)3-2-4-14-11(16)10-7-12-5-6-13-10/h5-7,9,15H,2-4,8H2,1H3,(H,14,16). The molecule has 1 unspecified atom stereocenters. The zero-order valence-electron chi connectivity index (χ0n) is 9.39. The minimum atomic E-state index is -0.204. The third kappa shape index (κ3) is 4.35. The van der Waals surface area contributed by atoms with E-state index < -0.39 is 0 Å². The predicted molar refractivity (Wildman–Crippen MR) is 59.8 cm³/mol. The number of aromatic nitrogens is 2. The molecular weight excluding hydrogens is 206 g/mol. The lowest BCUT2D eigenvalue weighted by Gasteiger charge is -2.07. The predicted octanol–water partition coefficient (Wildman–Crippen LogP) is 0.615. The summed E-state index contributed by atoms with van der Waals surface area (Å²) in [4.78, 5) is 19.2. The second-order valence-electron chi connectivity index (χ2n) is 3.78. The molecule has 0 saturated heterocycles. The molecule has 1 aromatic heterocycles. The summed E-state index contributed by atoms with van der Waals surface area (Å²) >= 11 is 0. The lowest BCUT2D eigenvalue weighted by molar-refractivity contribution is 0.0946. The quantitative estimate of drug-likeness (QED) is 0.693. The van der Waals surface area contributed by atoms with Gasteiger partial charge in [0.05, 0.1) is 6.20 Å². The number of carbonyl (C=O) groups excluding carboxylic acids is 1. The second kappa shape index (κ2) is 6.90. The highest BCUT2D eigenvalue weighted by Gasteiger charge is 2.06. The molecule has 0 aliphatic heterocycles. The molecule has 0 radical (unpaired) electrons. The van der Waals surface area contributed by atoms with Crippen molar-refractivity contribution in [3.05, 3.63) is 24.3 Å². The van der Waals surface area contributed by atoms with Gasteiger partial charge in [-0.2, -0.15) is 0 Å². The van der Waals surface area contributed by atoms with Crippen LogP contribution < -0.4 is 5.32 Å². The minimum Gasteiger partial charge on any atom is -0.396 e. The lowest BCUT2D eigenvalue weighted by atomic mass is 10.1. The Morgan fingerprint density at radius 2 is 2.38 bits per heavy atom. The number of aliphatic hydroxyl groups excluding tert-OH is 1. The molecule has 88 valence electrons. The van der Waals surface area contributed by atoms with Crippen molar-refractivity contribution in [1.82, 2.24) is 15.3 Å². The monoisotopic (exact) mass is 223 g/mol. The first-order valence-electron chi connectivity index (χ1n) is 5.39. The van der Waals surface area contributed by atoms with Crippen molar-refractivity contribution in [2.24, 2.45) is 5.92 Å². The molecule has 0 bridgehead atoms. The van der Waals surface area contributed by atoms with Gasteiger partial charge >= 0.3 is 0 Å². The Balaban J connectivity index is 2.21. The van der Waals surface area contributed by atoms with E-state index in [0.29, 0.717) is 12.2 Å². The average Bonchev–Trinajstić information content (AvgIpc) is 2.35. The van der Waals surface area contributed by atoms with Crippen molar-refractivity contribution < 1.29 is 9.90 Å². The van der Waals surface area contributed by atoms with Gasteiger partial charge in [-0.25, -0.2) is 4.98 Å². The summed E-state index contributed by atoms with van der Waals surface area (Å²) in [5, 5.41) is 11.6. The van der Waals surface area contributed by atoms with Crippen LogP contribution in [0.3, 0.4) is 0 Å². The van der Waals surface area contributed by atoms with Gasteiger partial charge in [-0.1, -0.05) is 6.92 Å². The van der Waals surface area contributed by atoms with Crippen LogP contribution in [-0.2, 0) is 0 Å². The van der Waals surface area contributed by atoms with Crippen molar-refractivity contribution in [3.63, 3.8) is 0 Å². The molecule has 0 aliphatic rings. The molecule has 0 spiro atoms. The SMILES string of the molecule is CC(CO)CCCNC(=O)c1cnccn1. The Kier molecular flexibility index (Phi) is 5.42. The molecule has 5 heteroatoms. The number of nitrogens with zero attached hydrogens (tertiary/aromatic N) is 2. The maximum Gasteiger partial charge on any atom is 0.271 e. The first-order valence-corrected chi connectivity index (χ1v) is 5.39. The normalized spacial score (nSPS) is 12.1. The fourth-order valence-electron chi connectivity index (χ4n) is 1.25. The number of amides is 1. The Hall–Kier alpha value is -1.49. The first-order chi connectivity index (χ1) is 7.74. The first kappa shape index (κ1) is 12.6. The van der Waals surface area contributed by atoms with Crippen LogP contribution in [0.2, 0.25) is 0 Å². The number of aliphatic hydroxyl groups is 1. The number of nitrogens with one attached hydrogen (secondary N) is 1. The van der Waals surface area contributed by atoms with Crippen molar-refractivity contribution >= 4 is 5.91 Å². The van der Waals surface area contributed by atoms with Gasteiger partial charge in [0.1, 0.15) is 5.69 Å². The smallest absolute Gasteiger partial charge is 0.271 e. The zero-order valence-corrected chi connectivity index (χ0v) is 9.39. The minimum absolute atomic E-state index is 0.193. The maximum absolute atomic E-state index is 11.5. The van der Waals surface area contributed by atoms with Crippen molar-refractivity contribution in [1.29, 1.82) is 0 Å². The average molecular weight is 223 g/mol. The molecular formula is C11H17N3O2. The van der Waals surface area contributed by atoms with Crippen LogP contribution in [0.25, 0.3) is 0 Å². The fraction of sp³-hybridized carbons (Fsp3) is 0.545. The van der Waals surface area contributed by atoms with Crippen LogP contribution in [0, 0.1) is 5.92 Å². The highest BCUT2D eigenvalue weighted by molar-refractivity contribution is 5.91. The van der Waals surface area contributed by atoms with E-state index in [1.807, 2.05) is 6.92 Å². The van der Waals surface area contributed by atoms with Crippen LogP contribution in [0.4, 0.5) is 0 Å². The summed E-state index contributed by atoms with van der Waals surface area (Å²) in [5.41, 5.74) is 0.331. The number of carbonyl (C=O) groups is 1. The van der Waals surface area contributed by atoms with Crippen LogP contribution in [0.15, 0.2) is 18.6 Å². The fourth-order valence-corrected chi connectivity index (χ4v) is 1.25. The second-order valence-corrected chi connectivity index (χ2v) is 3.78. The van der Waals surface area contributed by atoms with E-state index in [1.165, 1.54) is 18.6 Å². The van der Waals surface area contributed by atoms with E-state index in [-0.39, 0.29) is 18.4 Å². The van der Waals surface area contributed by atoms with Crippen molar-refractivity contribution in [3.8, 4) is 0 Å². The van der Waals surface area contributed by atoms with Gasteiger partial charge in [0.15, 0.2) is 0 Å². The Labute approximate surface area is 94.9 Å². The Morgan fingerprint density at radius 1 is 1.56 bits per heavy atom. The Bertz CT molecular complexity index is 316. The topological polar surface area (TPSA) is 75.1 Å². The van der Waals surface area contributed by atoms with E-state index >= 15 is 0 Å². The molecule has 1 heterocycles. The highest BCUT2D eigenvalue weighted by Crippen LogP contribution is 2.02. The molecule has 16 heavy (non-hydrogen) atoms. The maximum atomic E-state index is 11.5. The van der Waals surface area contributed by atoms with Crippen LogP contribution in [0.5, 0.6) is 0 Å². The zero-order chi connectivity index (χ0) is 11.8. The molecule has 0 aromatic carbocycles. The van der Waals surface area contributed by atoms with Gasteiger partial charge in [0, 0.05) is 25.5 Å². The summed E-state index contributed by atoms with van der Waals surface area (Å²) in [6.45, 7) is 2.77. The molecule has 1 rings (SSSR count). The van der Waals surface area contributed by atoms with E-state index in [2.05, 4.69) is 15.3 Å². The summed E-state index contributed by atoms with van der Waals surface area (Å²) in [5.74, 6) is 0.0816. The third-order valence-corrected chi connectivity index (χ3v) is 2.27. The number of rotatable bonds is 6. The van der Waals surface area contributed by atoms with Crippen molar-refractivity contribution in [2.75, 3.05) is 13.2 Å². The van der Waals surface area contributed by atoms with Crippen LogP contribution in [-0.4, -0.2) is 34.1 Å². The van der Waals surface area contributed by atoms with Gasteiger partial charge < -0.3 is 10.4 Å². The summed E-state index contributed by atoms with van der Waals surface area (Å²) in [6, 6.07) is 0. The van der Waals surface area contributed by atoms with E-state index in [1.54, 1.807) is 0 Å². The molecule has 1 atom stereocenters. The number of hydrogen-bond donors (Lipinski definition) is 2. The Morgan fingerprint density at radius 3 is 3.00 bits per heavy atom. The van der Waals surface area contributed by atoms with E-state index in [0.717, 1.165) is 12.8 Å². The number of hydrogen-bond acceptors (Lipinski definition) is 4. The largest absolute Gasteiger partial charge is 0.396 e. The van der Waals surface area contributed by atoms with E-state index in [4.69, 9.17) is 5.11 Å². The summed E-state index contributed by atoms with van der Waals surface area (Å²) in [7, 11) is 0. The van der Waals surface area contributed by atoms with Crippen LogP contribution in [0.1, 0.15) is 30.3 Å². The van der Waals surface area contributed by atoms with Gasteiger partial charge in [0.2, 0.25) is 0 Å². The van der Waals surface area contributed by atoms with Crippen LogP contribution >= 0.6 is 0 Å². The molecule has 0 aliphatic carbocycles. The molecule has 0 fully saturated rings. The molecule has 0 saturated carbocycles. The van der Waals surface area contributed by atoms with Gasteiger partial charge in [-0.3, -0.25) is 9.78 Å². The lowest BCUT2D eigenvalue weighted by Crippen LogP contribution is -2.25. The third-order valence-electron chi connectivity index (χ3n) is 2.27. The summed E-state index contributed by atoms with van der Waals surface area (Å²) < 4.78 is 0. The molecule has 2 N–H and O–H groups in total.